The summed E-state index contributed by atoms with van der Waals surface area (Å²) in [4.78, 5) is 27.7. The first-order valence-corrected chi connectivity index (χ1v) is 9.09. The van der Waals surface area contributed by atoms with Crippen LogP contribution in [0.15, 0.2) is 15.4 Å². The maximum atomic E-state index is 12.3. The lowest BCUT2D eigenvalue weighted by molar-refractivity contribution is 0.0958. The Morgan fingerprint density at radius 2 is 2.29 bits per heavy atom. The fourth-order valence-electron chi connectivity index (χ4n) is 3.12. The Kier molecular flexibility index (Phi) is 4.62. The second kappa shape index (κ2) is 6.55. The first-order valence-electron chi connectivity index (χ1n) is 8.27. The normalized spacial score (nSPS) is 17.5. The fraction of sp³-hybridized carbons (Fsp3) is 0.588. The standard InChI is InChI=1S/C17H23N3O3S/c1-17(2,3)11-4-5-12-10(8-11)9-13(24-12)15(21)18-7-6-14-19-16(22)23-20-14/h9,11H,4-8H2,1-3H3,(H,18,21)(H,19,20,22). The SMILES string of the molecule is CC(C)(C)C1CCc2sc(C(=O)NCCc3noc(=O)[nH]3)cc2C1. The average molecular weight is 349 g/mol. The van der Waals surface area contributed by atoms with Gasteiger partial charge in [-0.1, -0.05) is 25.9 Å². The van der Waals surface area contributed by atoms with E-state index >= 15 is 0 Å². The molecule has 130 valence electrons. The number of hydrogen-bond acceptors (Lipinski definition) is 5. The quantitative estimate of drug-likeness (QED) is 0.888. The van der Waals surface area contributed by atoms with E-state index in [0.29, 0.717) is 30.1 Å². The lowest BCUT2D eigenvalue weighted by Crippen LogP contribution is -2.26. The molecule has 2 heterocycles. The van der Waals surface area contributed by atoms with E-state index in [4.69, 9.17) is 0 Å². The molecule has 2 N–H and O–H groups in total. The second-order valence-electron chi connectivity index (χ2n) is 7.41. The van der Waals surface area contributed by atoms with Gasteiger partial charge in [0.05, 0.1) is 4.88 Å². The van der Waals surface area contributed by atoms with Crippen molar-refractivity contribution >= 4 is 17.2 Å². The van der Waals surface area contributed by atoms with Crippen molar-refractivity contribution in [1.82, 2.24) is 15.5 Å². The molecule has 7 heteroatoms. The molecule has 0 radical (unpaired) electrons. The molecule has 3 rings (SSSR count). The summed E-state index contributed by atoms with van der Waals surface area (Å²) in [5.74, 6) is 0.474. The lowest BCUT2D eigenvalue weighted by atomic mass is 9.72. The number of aromatic amines is 1. The van der Waals surface area contributed by atoms with Gasteiger partial charge in [0.1, 0.15) is 0 Å². The highest BCUT2D eigenvalue weighted by molar-refractivity contribution is 7.14. The molecule has 0 spiro atoms. The van der Waals surface area contributed by atoms with E-state index in [1.165, 1.54) is 16.9 Å². The van der Waals surface area contributed by atoms with Gasteiger partial charge in [0.2, 0.25) is 0 Å². The van der Waals surface area contributed by atoms with Gasteiger partial charge in [-0.25, -0.2) is 4.79 Å². The third-order valence-electron chi connectivity index (χ3n) is 4.66. The van der Waals surface area contributed by atoms with Gasteiger partial charge in [0.15, 0.2) is 5.82 Å². The van der Waals surface area contributed by atoms with Crippen molar-refractivity contribution in [1.29, 1.82) is 0 Å². The zero-order chi connectivity index (χ0) is 17.3. The smallest absolute Gasteiger partial charge is 0.351 e. The number of H-pyrrole nitrogens is 1. The van der Waals surface area contributed by atoms with E-state index in [1.54, 1.807) is 11.3 Å². The van der Waals surface area contributed by atoms with Gasteiger partial charge >= 0.3 is 5.76 Å². The first-order chi connectivity index (χ1) is 11.3. The minimum Gasteiger partial charge on any atom is -0.351 e. The van der Waals surface area contributed by atoms with Crippen molar-refractivity contribution in [3.63, 3.8) is 0 Å². The molecule has 0 aliphatic heterocycles. The molecule has 2 aromatic heterocycles. The molecule has 1 amide bonds. The van der Waals surface area contributed by atoms with Crippen LogP contribution in [0.5, 0.6) is 0 Å². The van der Waals surface area contributed by atoms with Crippen molar-refractivity contribution in [3.8, 4) is 0 Å². The number of thiophene rings is 1. The molecule has 0 saturated carbocycles. The van der Waals surface area contributed by atoms with Crippen LogP contribution in [0.3, 0.4) is 0 Å². The Hall–Kier alpha value is -1.89. The average Bonchev–Trinajstić information content (AvgIpc) is 3.11. The third-order valence-corrected chi connectivity index (χ3v) is 5.90. The van der Waals surface area contributed by atoms with Crippen LogP contribution in [0.1, 0.15) is 53.1 Å². The number of fused-ring (bicyclic) bond motifs is 1. The van der Waals surface area contributed by atoms with E-state index in [2.05, 4.69) is 40.8 Å². The Morgan fingerprint density at radius 3 is 2.96 bits per heavy atom. The van der Waals surface area contributed by atoms with Gasteiger partial charge in [-0.2, -0.15) is 0 Å². The van der Waals surface area contributed by atoms with Gasteiger partial charge in [-0.05, 0) is 42.2 Å². The molecule has 1 aliphatic carbocycles. The topological polar surface area (TPSA) is 88.0 Å². The van der Waals surface area contributed by atoms with Crippen LogP contribution in [0.2, 0.25) is 0 Å². The highest BCUT2D eigenvalue weighted by Gasteiger charge is 2.30. The zero-order valence-electron chi connectivity index (χ0n) is 14.3. The predicted molar refractivity (Wildman–Crippen MR) is 92.4 cm³/mol. The van der Waals surface area contributed by atoms with Crippen LogP contribution in [0.25, 0.3) is 0 Å². The Morgan fingerprint density at radius 1 is 1.50 bits per heavy atom. The lowest BCUT2D eigenvalue weighted by Gasteiger charge is -2.33. The summed E-state index contributed by atoms with van der Waals surface area (Å²) in [5.41, 5.74) is 1.63. The fourth-order valence-corrected chi connectivity index (χ4v) is 4.25. The van der Waals surface area contributed by atoms with Crippen molar-refractivity contribution in [2.24, 2.45) is 11.3 Å². The Labute approximate surface area is 144 Å². The number of carbonyl (C=O) groups is 1. The molecule has 0 fully saturated rings. The van der Waals surface area contributed by atoms with Gasteiger partial charge in [0.25, 0.3) is 5.91 Å². The molecule has 1 aliphatic rings. The van der Waals surface area contributed by atoms with E-state index < -0.39 is 5.76 Å². The van der Waals surface area contributed by atoms with Crippen LogP contribution >= 0.6 is 11.3 Å². The second-order valence-corrected chi connectivity index (χ2v) is 8.55. The van der Waals surface area contributed by atoms with Gasteiger partial charge in [-0.15, -0.1) is 11.3 Å². The molecular formula is C17H23N3O3S. The summed E-state index contributed by atoms with van der Waals surface area (Å²) in [6, 6.07) is 2.05. The summed E-state index contributed by atoms with van der Waals surface area (Å²) in [6.45, 7) is 7.28. The van der Waals surface area contributed by atoms with Crippen LogP contribution < -0.4 is 11.1 Å². The maximum absolute atomic E-state index is 12.3. The first kappa shape index (κ1) is 17.0. The van der Waals surface area contributed by atoms with E-state index in [0.717, 1.165) is 17.7 Å². The molecule has 0 saturated heterocycles. The van der Waals surface area contributed by atoms with Crippen molar-refractivity contribution < 1.29 is 9.32 Å². The van der Waals surface area contributed by atoms with Gasteiger partial charge < -0.3 is 5.32 Å². The number of hydrogen-bond donors (Lipinski definition) is 2. The summed E-state index contributed by atoms with van der Waals surface area (Å²) >= 11 is 1.60. The minimum atomic E-state index is -0.573. The number of aryl methyl sites for hydroxylation is 1. The Bertz CT molecular complexity index is 782. The Balaban J connectivity index is 1.59. The number of carbonyl (C=O) groups excluding carboxylic acids is 1. The predicted octanol–water partition coefficient (Wildman–Crippen LogP) is 2.55. The maximum Gasteiger partial charge on any atom is 0.438 e. The molecule has 6 nitrogen and oxygen atoms in total. The summed E-state index contributed by atoms with van der Waals surface area (Å²) in [7, 11) is 0. The summed E-state index contributed by atoms with van der Waals surface area (Å²) < 4.78 is 4.43. The number of amides is 1. The van der Waals surface area contributed by atoms with E-state index in [1.807, 2.05) is 6.07 Å². The molecule has 0 aromatic carbocycles. The number of aromatic nitrogens is 2. The monoisotopic (exact) mass is 349 g/mol. The van der Waals surface area contributed by atoms with Crippen molar-refractivity contribution in [3.05, 3.63) is 37.8 Å². The molecule has 24 heavy (non-hydrogen) atoms. The van der Waals surface area contributed by atoms with Crippen LogP contribution in [0, 0.1) is 11.3 Å². The van der Waals surface area contributed by atoms with Crippen LogP contribution in [0.4, 0.5) is 0 Å². The van der Waals surface area contributed by atoms with Crippen molar-refractivity contribution in [2.45, 2.75) is 46.5 Å². The minimum absolute atomic E-state index is 0.0625. The molecule has 2 aromatic rings. The zero-order valence-corrected chi connectivity index (χ0v) is 15.1. The largest absolute Gasteiger partial charge is 0.438 e. The van der Waals surface area contributed by atoms with Gasteiger partial charge in [0, 0.05) is 17.8 Å². The van der Waals surface area contributed by atoms with E-state index in [9.17, 15) is 9.59 Å². The highest BCUT2D eigenvalue weighted by Crippen LogP contribution is 2.40. The molecule has 1 unspecified atom stereocenters. The molecule has 1 atom stereocenters. The number of nitrogens with one attached hydrogen (secondary N) is 2. The molecule has 0 bridgehead atoms. The number of nitrogens with zero attached hydrogens (tertiary/aromatic N) is 1. The van der Waals surface area contributed by atoms with Crippen molar-refractivity contribution in [2.75, 3.05) is 6.54 Å². The van der Waals surface area contributed by atoms with Gasteiger partial charge in [-0.3, -0.25) is 14.3 Å². The summed E-state index contributed by atoms with van der Waals surface area (Å²) in [6.07, 6.45) is 3.75. The van der Waals surface area contributed by atoms with E-state index in [-0.39, 0.29) is 5.91 Å². The number of rotatable bonds is 4. The van der Waals surface area contributed by atoms with Crippen LogP contribution in [-0.4, -0.2) is 22.6 Å². The third kappa shape index (κ3) is 3.77. The molecular weight excluding hydrogens is 326 g/mol. The summed E-state index contributed by atoms with van der Waals surface area (Å²) in [5, 5.41) is 6.45. The van der Waals surface area contributed by atoms with Crippen LogP contribution in [-0.2, 0) is 19.3 Å². The highest BCUT2D eigenvalue weighted by atomic mass is 32.1.